The van der Waals surface area contributed by atoms with Crippen molar-refractivity contribution < 1.29 is 13.2 Å². The van der Waals surface area contributed by atoms with Gasteiger partial charge in [0.15, 0.2) is 0 Å². The summed E-state index contributed by atoms with van der Waals surface area (Å²) in [5.74, 6) is 0.696. The number of hydrogen-bond donors (Lipinski definition) is 0. The van der Waals surface area contributed by atoms with Crippen LogP contribution in [-0.2, 0) is 23.1 Å². The maximum atomic E-state index is 12.7. The van der Waals surface area contributed by atoms with E-state index in [1.165, 1.54) is 4.31 Å². The van der Waals surface area contributed by atoms with E-state index in [9.17, 15) is 8.42 Å². The number of aryl methyl sites for hydroxylation is 1. The minimum atomic E-state index is -3.47. The zero-order valence-electron chi connectivity index (χ0n) is 12.1. The molecule has 0 unspecified atom stereocenters. The van der Waals surface area contributed by atoms with Crippen molar-refractivity contribution in [1.82, 2.24) is 8.87 Å². The second-order valence-electron chi connectivity index (χ2n) is 5.16. The van der Waals surface area contributed by atoms with Gasteiger partial charge in [0.1, 0.15) is 5.75 Å². The fourth-order valence-electron chi connectivity index (χ4n) is 2.66. The molecule has 0 aliphatic carbocycles. The topological polar surface area (TPSA) is 51.5 Å². The first-order chi connectivity index (χ1) is 10.0. The molecule has 21 heavy (non-hydrogen) atoms. The summed E-state index contributed by atoms with van der Waals surface area (Å²) in [7, 11) is -1.89. The van der Waals surface area contributed by atoms with Crippen LogP contribution in [0.3, 0.4) is 0 Å². The number of aromatic nitrogens is 1. The molecule has 6 heteroatoms. The molecule has 0 saturated heterocycles. The monoisotopic (exact) mass is 306 g/mol. The number of ether oxygens (including phenoxy) is 1. The van der Waals surface area contributed by atoms with Crippen LogP contribution in [0.2, 0.25) is 0 Å². The van der Waals surface area contributed by atoms with E-state index < -0.39 is 10.0 Å². The molecule has 0 radical (unpaired) electrons. The first-order valence-electron chi connectivity index (χ1n) is 6.81. The Morgan fingerprint density at radius 3 is 2.71 bits per heavy atom. The van der Waals surface area contributed by atoms with Crippen LogP contribution in [-0.4, -0.2) is 30.9 Å². The lowest BCUT2D eigenvalue weighted by Crippen LogP contribution is -2.37. The number of benzene rings is 1. The summed E-state index contributed by atoms with van der Waals surface area (Å²) >= 11 is 0. The number of nitrogens with zero attached hydrogens (tertiary/aromatic N) is 2. The number of hydrogen-bond acceptors (Lipinski definition) is 3. The molecule has 0 saturated carbocycles. The predicted molar refractivity (Wildman–Crippen MR) is 79.8 cm³/mol. The quantitative estimate of drug-likeness (QED) is 0.871. The van der Waals surface area contributed by atoms with Crippen LogP contribution >= 0.6 is 0 Å². The van der Waals surface area contributed by atoms with Crippen molar-refractivity contribution in [3.8, 4) is 5.75 Å². The van der Waals surface area contributed by atoms with Crippen LogP contribution in [0.4, 0.5) is 0 Å². The fraction of sp³-hybridized carbons (Fsp3) is 0.333. The van der Waals surface area contributed by atoms with Crippen molar-refractivity contribution in [3.05, 3.63) is 47.8 Å². The first kappa shape index (κ1) is 14.2. The van der Waals surface area contributed by atoms with Gasteiger partial charge in [0.25, 0.3) is 0 Å². The van der Waals surface area contributed by atoms with Crippen molar-refractivity contribution in [2.75, 3.05) is 13.7 Å². The summed E-state index contributed by atoms with van der Waals surface area (Å²) in [5, 5.41) is 0. The second kappa shape index (κ2) is 5.20. The Kier molecular flexibility index (Phi) is 3.51. The minimum Gasteiger partial charge on any atom is -0.496 e. The van der Waals surface area contributed by atoms with E-state index in [0.29, 0.717) is 30.3 Å². The Bertz CT molecular complexity index is 765. The van der Waals surface area contributed by atoms with E-state index in [2.05, 4.69) is 4.57 Å². The standard InChI is InChI=1S/C15H18N2O3S/c1-12-10-14(5-6-15(12)20-2)21(18,19)17-9-8-16-7-3-4-13(16)11-17/h3-7,10H,8-9,11H2,1-2H3. The lowest BCUT2D eigenvalue weighted by molar-refractivity contribution is 0.341. The van der Waals surface area contributed by atoms with Crippen molar-refractivity contribution >= 4 is 10.0 Å². The number of sulfonamides is 1. The molecular weight excluding hydrogens is 288 g/mol. The highest BCUT2D eigenvalue weighted by Gasteiger charge is 2.28. The average molecular weight is 306 g/mol. The van der Waals surface area contributed by atoms with E-state index in [0.717, 1.165) is 11.3 Å². The highest BCUT2D eigenvalue weighted by Crippen LogP contribution is 2.26. The summed E-state index contributed by atoms with van der Waals surface area (Å²) in [6.45, 7) is 3.45. The van der Waals surface area contributed by atoms with E-state index in [4.69, 9.17) is 4.74 Å². The van der Waals surface area contributed by atoms with Gasteiger partial charge >= 0.3 is 0 Å². The lowest BCUT2D eigenvalue weighted by Gasteiger charge is -2.28. The molecule has 112 valence electrons. The molecule has 3 rings (SSSR count). The molecule has 1 aliphatic rings. The predicted octanol–water partition coefficient (Wildman–Crippen LogP) is 2.01. The molecule has 0 spiro atoms. The van der Waals surface area contributed by atoms with E-state index >= 15 is 0 Å². The third-order valence-corrected chi connectivity index (χ3v) is 5.70. The maximum absolute atomic E-state index is 12.7. The van der Waals surface area contributed by atoms with Gasteiger partial charge in [-0.05, 0) is 42.8 Å². The smallest absolute Gasteiger partial charge is 0.243 e. The van der Waals surface area contributed by atoms with Gasteiger partial charge in [-0.15, -0.1) is 0 Å². The fourth-order valence-corrected chi connectivity index (χ4v) is 4.14. The van der Waals surface area contributed by atoms with Crippen LogP contribution < -0.4 is 4.74 Å². The van der Waals surface area contributed by atoms with Crippen molar-refractivity contribution in [2.24, 2.45) is 0 Å². The molecule has 1 aromatic carbocycles. The summed E-state index contributed by atoms with van der Waals surface area (Å²) in [5.41, 5.74) is 1.84. The van der Waals surface area contributed by atoms with Gasteiger partial charge in [0, 0.05) is 25.0 Å². The molecule has 0 atom stereocenters. The number of fused-ring (bicyclic) bond motifs is 1. The van der Waals surface area contributed by atoms with Gasteiger partial charge in [-0.25, -0.2) is 8.42 Å². The van der Waals surface area contributed by atoms with Crippen molar-refractivity contribution in [1.29, 1.82) is 0 Å². The summed E-state index contributed by atoms with van der Waals surface area (Å²) in [6, 6.07) is 8.88. The Morgan fingerprint density at radius 1 is 1.19 bits per heavy atom. The van der Waals surface area contributed by atoms with Crippen molar-refractivity contribution in [2.45, 2.75) is 24.9 Å². The largest absolute Gasteiger partial charge is 0.496 e. The zero-order valence-corrected chi connectivity index (χ0v) is 12.9. The van der Waals surface area contributed by atoms with E-state index in [1.54, 1.807) is 25.3 Å². The lowest BCUT2D eigenvalue weighted by atomic mass is 10.2. The summed E-state index contributed by atoms with van der Waals surface area (Å²) in [6.07, 6.45) is 1.98. The maximum Gasteiger partial charge on any atom is 0.243 e. The number of rotatable bonds is 3. The molecule has 1 aliphatic heterocycles. The molecule has 5 nitrogen and oxygen atoms in total. The van der Waals surface area contributed by atoms with Crippen LogP contribution in [0.1, 0.15) is 11.3 Å². The van der Waals surface area contributed by atoms with Crippen LogP contribution in [0.5, 0.6) is 5.75 Å². The average Bonchev–Trinajstić information content (AvgIpc) is 2.94. The number of methoxy groups -OCH3 is 1. The van der Waals surface area contributed by atoms with Gasteiger partial charge in [0.2, 0.25) is 10.0 Å². The molecule has 2 aromatic rings. The Hall–Kier alpha value is -1.79. The van der Waals surface area contributed by atoms with Crippen LogP contribution in [0.25, 0.3) is 0 Å². The molecule has 0 bridgehead atoms. The zero-order chi connectivity index (χ0) is 15.0. The molecule has 0 N–H and O–H groups in total. The van der Waals surface area contributed by atoms with E-state index in [-0.39, 0.29) is 0 Å². The highest BCUT2D eigenvalue weighted by atomic mass is 32.2. The first-order valence-corrected chi connectivity index (χ1v) is 8.25. The van der Waals surface area contributed by atoms with Gasteiger partial charge in [-0.3, -0.25) is 0 Å². The third kappa shape index (κ3) is 2.45. The molecule has 0 fully saturated rings. The molecule has 1 aromatic heterocycles. The van der Waals surface area contributed by atoms with Gasteiger partial charge in [-0.1, -0.05) is 0 Å². The molecule has 0 amide bonds. The molecule has 2 heterocycles. The van der Waals surface area contributed by atoms with Crippen molar-refractivity contribution in [3.63, 3.8) is 0 Å². The van der Waals surface area contributed by atoms with Gasteiger partial charge in [-0.2, -0.15) is 4.31 Å². The van der Waals surface area contributed by atoms with Gasteiger partial charge in [0.05, 0.1) is 18.6 Å². The summed E-state index contributed by atoms with van der Waals surface area (Å²) < 4.78 is 34.3. The Labute approximate surface area is 124 Å². The Morgan fingerprint density at radius 2 is 2.00 bits per heavy atom. The Balaban J connectivity index is 1.93. The minimum absolute atomic E-state index is 0.320. The van der Waals surface area contributed by atoms with Gasteiger partial charge < -0.3 is 9.30 Å². The van der Waals surface area contributed by atoms with Crippen LogP contribution in [0.15, 0.2) is 41.4 Å². The summed E-state index contributed by atoms with van der Waals surface area (Å²) in [4.78, 5) is 0.320. The molecular formula is C15H18N2O3S. The third-order valence-electron chi connectivity index (χ3n) is 3.86. The normalized spacial score (nSPS) is 15.7. The highest BCUT2D eigenvalue weighted by molar-refractivity contribution is 7.89. The SMILES string of the molecule is COc1ccc(S(=O)(=O)N2CCn3cccc3C2)cc1C. The van der Waals surface area contributed by atoms with Crippen LogP contribution in [0, 0.1) is 6.92 Å². The van der Waals surface area contributed by atoms with E-state index in [1.807, 2.05) is 25.3 Å². The second-order valence-corrected chi connectivity index (χ2v) is 7.10.